The minimum atomic E-state index is 0.363. The number of nitrogens with zero attached hydrogens (tertiary/aromatic N) is 2. The Labute approximate surface area is 245 Å². The highest BCUT2D eigenvalue weighted by Gasteiger charge is 2.36. The fraction of sp³-hybridized carbons (Fsp3) is 0.667. The van der Waals surface area contributed by atoms with Gasteiger partial charge in [-0.15, -0.1) is 0 Å². The number of hydrogen-bond donors (Lipinski definition) is 2. The van der Waals surface area contributed by atoms with Gasteiger partial charge in [0, 0.05) is 38.3 Å². The number of phenolic OH excluding ortho intramolecular Hbond substituents is 2. The van der Waals surface area contributed by atoms with Crippen LogP contribution in [0, 0.1) is 27.7 Å². The predicted octanol–water partition coefficient (Wildman–Crippen LogP) is 9.01. The minimum absolute atomic E-state index is 0.363. The van der Waals surface area contributed by atoms with Crippen LogP contribution in [-0.2, 0) is 13.1 Å². The van der Waals surface area contributed by atoms with Crippen LogP contribution >= 0.6 is 0 Å². The lowest BCUT2D eigenvalue weighted by Crippen LogP contribution is -2.58. The first-order chi connectivity index (χ1) is 19.0. The SMILES string of the molecule is CCCC1C(CCC)N(Cc2c(C)cc(C(C)CC)c(O)c2C)CCN1Cc1c(C)cc(C(C)CC)c(O)c1C. The summed E-state index contributed by atoms with van der Waals surface area (Å²) in [4.78, 5) is 5.42. The van der Waals surface area contributed by atoms with Gasteiger partial charge in [0.2, 0.25) is 0 Å². The molecule has 40 heavy (non-hydrogen) atoms. The van der Waals surface area contributed by atoms with Gasteiger partial charge >= 0.3 is 0 Å². The number of piperazine rings is 1. The van der Waals surface area contributed by atoms with E-state index in [4.69, 9.17) is 0 Å². The van der Waals surface area contributed by atoms with Crippen LogP contribution in [0.2, 0.25) is 0 Å². The maximum atomic E-state index is 11.1. The summed E-state index contributed by atoms with van der Waals surface area (Å²) in [6.45, 7) is 25.9. The molecule has 0 amide bonds. The molecule has 0 aliphatic carbocycles. The van der Waals surface area contributed by atoms with E-state index in [2.05, 4.69) is 91.2 Å². The Balaban J connectivity index is 1.93. The number of rotatable bonds is 12. The quantitative estimate of drug-likeness (QED) is 0.277. The zero-order valence-corrected chi connectivity index (χ0v) is 27.3. The van der Waals surface area contributed by atoms with Gasteiger partial charge in [0.25, 0.3) is 0 Å². The van der Waals surface area contributed by atoms with Crippen molar-refractivity contribution in [3.05, 3.63) is 56.6 Å². The monoisotopic (exact) mass is 550 g/mol. The molecule has 0 bridgehead atoms. The molecule has 2 N–H and O–H groups in total. The molecule has 2 aromatic rings. The summed E-state index contributed by atoms with van der Waals surface area (Å²) in [5.74, 6) is 1.72. The van der Waals surface area contributed by atoms with Crippen LogP contribution in [0.25, 0.3) is 0 Å². The first kappa shape index (κ1) is 32.5. The number of phenols is 2. The Morgan fingerprint density at radius 3 is 1.32 bits per heavy atom. The van der Waals surface area contributed by atoms with Crippen LogP contribution in [-0.4, -0.2) is 45.2 Å². The molecule has 0 aromatic heterocycles. The molecule has 4 atom stereocenters. The molecular formula is C36H58N2O2. The van der Waals surface area contributed by atoms with E-state index < -0.39 is 0 Å². The molecule has 1 saturated heterocycles. The number of benzene rings is 2. The summed E-state index contributed by atoms with van der Waals surface area (Å²) in [6, 6.07) is 5.42. The maximum absolute atomic E-state index is 11.1. The van der Waals surface area contributed by atoms with Gasteiger partial charge in [-0.2, -0.15) is 0 Å². The van der Waals surface area contributed by atoms with E-state index in [0.29, 0.717) is 35.4 Å². The van der Waals surface area contributed by atoms with Crippen molar-refractivity contribution >= 4 is 0 Å². The van der Waals surface area contributed by atoms with Crippen LogP contribution < -0.4 is 0 Å². The highest BCUT2D eigenvalue weighted by Crippen LogP contribution is 2.38. The molecule has 4 heteroatoms. The zero-order chi connectivity index (χ0) is 29.7. The van der Waals surface area contributed by atoms with Gasteiger partial charge in [0.15, 0.2) is 0 Å². The van der Waals surface area contributed by atoms with E-state index in [0.717, 1.165) is 74.1 Å². The normalized spacial score (nSPS) is 20.1. The highest BCUT2D eigenvalue weighted by molar-refractivity contribution is 5.51. The molecular weight excluding hydrogens is 492 g/mol. The van der Waals surface area contributed by atoms with Crippen molar-refractivity contribution in [1.29, 1.82) is 0 Å². The van der Waals surface area contributed by atoms with Crippen molar-refractivity contribution in [2.75, 3.05) is 13.1 Å². The second-order valence-corrected chi connectivity index (χ2v) is 12.7. The molecule has 4 nitrogen and oxygen atoms in total. The zero-order valence-electron chi connectivity index (χ0n) is 27.3. The molecule has 0 saturated carbocycles. The Kier molecular flexibility index (Phi) is 11.6. The molecule has 1 fully saturated rings. The molecule has 1 heterocycles. The van der Waals surface area contributed by atoms with Crippen molar-refractivity contribution in [3.63, 3.8) is 0 Å². The third-order valence-corrected chi connectivity index (χ3v) is 10.1. The number of aryl methyl sites for hydroxylation is 2. The summed E-state index contributed by atoms with van der Waals surface area (Å²) >= 11 is 0. The van der Waals surface area contributed by atoms with E-state index in [9.17, 15) is 10.2 Å². The largest absolute Gasteiger partial charge is 0.507 e. The van der Waals surface area contributed by atoms with Crippen LogP contribution in [0.3, 0.4) is 0 Å². The smallest absolute Gasteiger partial charge is 0.122 e. The van der Waals surface area contributed by atoms with E-state index in [1.807, 2.05) is 0 Å². The third kappa shape index (κ3) is 6.71. The topological polar surface area (TPSA) is 46.9 Å². The Bertz CT molecular complexity index is 1050. The predicted molar refractivity (Wildman–Crippen MR) is 171 cm³/mol. The molecule has 2 aromatic carbocycles. The van der Waals surface area contributed by atoms with E-state index in [1.54, 1.807) is 0 Å². The van der Waals surface area contributed by atoms with Gasteiger partial charge in [0.1, 0.15) is 11.5 Å². The molecule has 1 aliphatic rings. The second kappa shape index (κ2) is 14.2. The summed E-state index contributed by atoms with van der Waals surface area (Å²) in [5.41, 5.74) is 9.50. The lowest BCUT2D eigenvalue weighted by atomic mass is 9.87. The van der Waals surface area contributed by atoms with Crippen molar-refractivity contribution < 1.29 is 10.2 Å². The fourth-order valence-electron chi connectivity index (χ4n) is 6.98. The molecule has 0 spiro atoms. The van der Waals surface area contributed by atoms with Crippen molar-refractivity contribution in [2.24, 2.45) is 0 Å². The van der Waals surface area contributed by atoms with Crippen LogP contribution in [0.1, 0.15) is 136 Å². The summed E-state index contributed by atoms with van der Waals surface area (Å²) in [6.07, 6.45) is 6.73. The Hall–Kier alpha value is -2.04. The lowest BCUT2D eigenvalue weighted by molar-refractivity contribution is 0.000293. The molecule has 4 unspecified atom stereocenters. The van der Waals surface area contributed by atoms with E-state index in [-0.39, 0.29) is 0 Å². The average Bonchev–Trinajstić information content (AvgIpc) is 2.94. The van der Waals surface area contributed by atoms with Gasteiger partial charge in [-0.25, -0.2) is 0 Å². The molecule has 1 aliphatic heterocycles. The van der Waals surface area contributed by atoms with Crippen molar-refractivity contribution in [2.45, 2.75) is 145 Å². The fourth-order valence-corrected chi connectivity index (χ4v) is 6.98. The molecule has 3 rings (SSSR count). The Morgan fingerprint density at radius 2 is 1.02 bits per heavy atom. The highest BCUT2D eigenvalue weighted by atomic mass is 16.3. The molecule has 224 valence electrons. The van der Waals surface area contributed by atoms with E-state index >= 15 is 0 Å². The maximum Gasteiger partial charge on any atom is 0.122 e. The van der Waals surface area contributed by atoms with E-state index in [1.165, 1.54) is 35.1 Å². The van der Waals surface area contributed by atoms with Gasteiger partial charge in [-0.3, -0.25) is 9.80 Å². The van der Waals surface area contributed by atoms with Crippen LogP contribution in [0.15, 0.2) is 12.1 Å². The van der Waals surface area contributed by atoms with Crippen molar-refractivity contribution in [1.82, 2.24) is 9.80 Å². The summed E-state index contributed by atoms with van der Waals surface area (Å²) in [5, 5.41) is 22.3. The number of aromatic hydroxyl groups is 2. The molecule has 0 radical (unpaired) electrons. The van der Waals surface area contributed by atoms with Gasteiger partial charge < -0.3 is 10.2 Å². The minimum Gasteiger partial charge on any atom is -0.507 e. The Morgan fingerprint density at radius 1 is 0.675 bits per heavy atom. The summed E-state index contributed by atoms with van der Waals surface area (Å²) in [7, 11) is 0. The lowest BCUT2D eigenvalue weighted by Gasteiger charge is -2.49. The van der Waals surface area contributed by atoms with Gasteiger partial charge in [0.05, 0.1) is 0 Å². The first-order valence-electron chi connectivity index (χ1n) is 16.1. The van der Waals surface area contributed by atoms with Gasteiger partial charge in [-0.1, -0.05) is 66.5 Å². The summed E-state index contributed by atoms with van der Waals surface area (Å²) < 4.78 is 0. The van der Waals surface area contributed by atoms with Gasteiger partial charge in [-0.05, 0) is 110 Å². The van der Waals surface area contributed by atoms with Crippen LogP contribution in [0.5, 0.6) is 11.5 Å². The van der Waals surface area contributed by atoms with Crippen molar-refractivity contribution in [3.8, 4) is 11.5 Å². The second-order valence-electron chi connectivity index (χ2n) is 12.7. The number of hydrogen-bond acceptors (Lipinski definition) is 4. The van der Waals surface area contributed by atoms with Crippen LogP contribution in [0.4, 0.5) is 0 Å². The first-order valence-corrected chi connectivity index (χ1v) is 16.1. The average molecular weight is 551 g/mol. The third-order valence-electron chi connectivity index (χ3n) is 10.1. The standard InChI is InChI=1S/C36H58N2O2/c1-11-15-33-34(16-12-2)38(22-32-26(8)20-30(24(6)14-4)36(40)28(32)10)18-17-37(33)21-31-25(7)19-29(23(5)13-3)35(39)27(31)9/h19-20,23-24,33-34,39-40H,11-18,21-22H2,1-10H3.